The van der Waals surface area contributed by atoms with Gasteiger partial charge in [0.15, 0.2) is 28.9 Å². The van der Waals surface area contributed by atoms with Crippen molar-refractivity contribution in [1.82, 2.24) is 0 Å². The summed E-state index contributed by atoms with van der Waals surface area (Å²) in [5, 5.41) is 0. The predicted molar refractivity (Wildman–Crippen MR) is 74.2 cm³/mol. The van der Waals surface area contributed by atoms with Crippen LogP contribution in [0.25, 0.3) is 0 Å². The van der Waals surface area contributed by atoms with Crippen LogP contribution in [-0.2, 0) is 6.42 Å². The summed E-state index contributed by atoms with van der Waals surface area (Å²) >= 11 is 0. The van der Waals surface area contributed by atoms with Gasteiger partial charge in [-0.2, -0.15) is 0 Å². The zero-order valence-corrected chi connectivity index (χ0v) is 11.7. The van der Waals surface area contributed by atoms with Crippen LogP contribution in [-0.4, -0.2) is 13.4 Å². The van der Waals surface area contributed by atoms with E-state index in [4.69, 9.17) is 9.47 Å². The minimum Gasteiger partial charge on any atom is -0.493 e. The van der Waals surface area contributed by atoms with E-state index in [1.54, 1.807) is 18.2 Å². The molecule has 21 heavy (non-hydrogen) atoms. The Labute approximate surface area is 121 Å². The third-order valence-corrected chi connectivity index (χ3v) is 3.00. The number of rotatable bonds is 5. The average molecular weight is 292 g/mol. The summed E-state index contributed by atoms with van der Waals surface area (Å²) in [6, 6.07) is 6.94. The second kappa shape index (κ2) is 6.35. The molecule has 0 aromatic heterocycles. The van der Waals surface area contributed by atoms with E-state index in [0.717, 1.165) is 24.1 Å². The Morgan fingerprint density at radius 2 is 1.76 bits per heavy atom. The zero-order chi connectivity index (χ0) is 15.4. The molecule has 0 amide bonds. The van der Waals surface area contributed by atoms with Gasteiger partial charge in [-0.1, -0.05) is 13.0 Å². The normalized spacial score (nSPS) is 10.3. The lowest BCUT2D eigenvalue weighted by Gasteiger charge is -2.12. The highest BCUT2D eigenvalue weighted by molar-refractivity contribution is 5.75. The lowest BCUT2D eigenvalue weighted by molar-refractivity contribution is 0.112. The van der Waals surface area contributed by atoms with Gasteiger partial charge in [0, 0.05) is 5.56 Å². The van der Waals surface area contributed by atoms with Gasteiger partial charge < -0.3 is 9.47 Å². The highest BCUT2D eigenvalue weighted by atomic mass is 19.1. The maximum Gasteiger partial charge on any atom is 0.198 e. The number of carbonyl (C=O) groups excluding carboxylic acids is 1. The molecular weight excluding hydrogens is 278 g/mol. The van der Waals surface area contributed by atoms with Crippen molar-refractivity contribution < 1.29 is 23.0 Å². The van der Waals surface area contributed by atoms with Crippen LogP contribution in [0.5, 0.6) is 17.2 Å². The molecule has 0 saturated carbocycles. The molecule has 0 bridgehead atoms. The lowest BCUT2D eigenvalue weighted by atomic mass is 10.1. The van der Waals surface area contributed by atoms with Crippen LogP contribution < -0.4 is 9.47 Å². The van der Waals surface area contributed by atoms with Gasteiger partial charge in [-0.3, -0.25) is 4.79 Å². The number of carbonyl (C=O) groups is 1. The summed E-state index contributed by atoms with van der Waals surface area (Å²) in [4.78, 5) is 10.6. The van der Waals surface area contributed by atoms with Crippen LogP contribution in [0.4, 0.5) is 8.78 Å². The van der Waals surface area contributed by atoms with E-state index in [0.29, 0.717) is 12.0 Å². The second-order valence-corrected chi connectivity index (χ2v) is 4.37. The van der Waals surface area contributed by atoms with Crippen molar-refractivity contribution in [3.63, 3.8) is 0 Å². The number of halogens is 2. The largest absolute Gasteiger partial charge is 0.493 e. The first-order valence-electron chi connectivity index (χ1n) is 6.38. The Morgan fingerprint density at radius 3 is 2.29 bits per heavy atom. The molecule has 0 N–H and O–H groups in total. The quantitative estimate of drug-likeness (QED) is 0.777. The molecule has 110 valence electrons. The third kappa shape index (κ3) is 3.18. The zero-order valence-electron chi connectivity index (χ0n) is 11.7. The van der Waals surface area contributed by atoms with Crippen LogP contribution in [0, 0.1) is 11.6 Å². The van der Waals surface area contributed by atoms with E-state index >= 15 is 0 Å². The van der Waals surface area contributed by atoms with Gasteiger partial charge in [0.1, 0.15) is 6.29 Å². The fourth-order valence-electron chi connectivity index (χ4n) is 1.87. The number of benzene rings is 2. The molecule has 0 radical (unpaired) electrons. The first-order valence-corrected chi connectivity index (χ1v) is 6.38. The first-order chi connectivity index (χ1) is 10.1. The molecule has 0 heterocycles. The van der Waals surface area contributed by atoms with Gasteiger partial charge in [-0.15, -0.1) is 0 Å². The molecular formula is C16H14F2O3. The van der Waals surface area contributed by atoms with E-state index in [2.05, 4.69) is 0 Å². The van der Waals surface area contributed by atoms with Crippen LogP contribution in [0.3, 0.4) is 0 Å². The van der Waals surface area contributed by atoms with E-state index in [1.807, 2.05) is 6.92 Å². The van der Waals surface area contributed by atoms with E-state index in [-0.39, 0.29) is 11.3 Å². The number of ether oxygens (including phenoxy) is 2. The average Bonchev–Trinajstić information content (AvgIpc) is 2.50. The molecule has 0 aliphatic rings. The van der Waals surface area contributed by atoms with Gasteiger partial charge >= 0.3 is 0 Å². The smallest absolute Gasteiger partial charge is 0.198 e. The standard InChI is InChI=1S/C16H14F2O3/c1-3-10-4-5-14(15(8-10)20-2)21-16-12(17)6-11(9-19)7-13(16)18/h4-9H,3H2,1-2H3. The number of hydrogen-bond donors (Lipinski definition) is 0. The van der Waals surface area contributed by atoms with Gasteiger partial charge in [-0.25, -0.2) is 8.78 Å². The van der Waals surface area contributed by atoms with Crippen molar-refractivity contribution in [1.29, 1.82) is 0 Å². The monoisotopic (exact) mass is 292 g/mol. The molecule has 0 unspecified atom stereocenters. The number of aryl methyl sites for hydroxylation is 1. The molecule has 5 heteroatoms. The van der Waals surface area contributed by atoms with Gasteiger partial charge in [0.2, 0.25) is 0 Å². The molecule has 0 fully saturated rings. The van der Waals surface area contributed by atoms with Crippen molar-refractivity contribution >= 4 is 6.29 Å². The predicted octanol–water partition coefficient (Wildman–Crippen LogP) is 4.14. The van der Waals surface area contributed by atoms with Crippen molar-refractivity contribution in [2.45, 2.75) is 13.3 Å². The highest BCUT2D eigenvalue weighted by Gasteiger charge is 2.16. The molecule has 3 nitrogen and oxygen atoms in total. The topological polar surface area (TPSA) is 35.5 Å². The van der Waals surface area contributed by atoms with Gasteiger partial charge in [0.25, 0.3) is 0 Å². The van der Waals surface area contributed by atoms with Crippen molar-refractivity contribution in [3.8, 4) is 17.2 Å². The Morgan fingerprint density at radius 1 is 1.10 bits per heavy atom. The second-order valence-electron chi connectivity index (χ2n) is 4.37. The summed E-state index contributed by atoms with van der Waals surface area (Å²) in [5.41, 5.74) is 0.919. The Balaban J connectivity index is 2.40. The molecule has 0 saturated heterocycles. The van der Waals surface area contributed by atoms with Crippen molar-refractivity contribution in [2.24, 2.45) is 0 Å². The molecule has 2 aromatic rings. The van der Waals surface area contributed by atoms with Crippen molar-refractivity contribution in [2.75, 3.05) is 7.11 Å². The summed E-state index contributed by atoms with van der Waals surface area (Å²) in [5.74, 6) is -1.88. The van der Waals surface area contributed by atoms with Gasteiger partial charge in [0.05, 0.1) is 7.11 Å². The minimum absolute atomic E-state index is 0.0920. The Hall–Kier alpha value is -2.43. The lowest BCUT2D eigenvalue weighted by Crippen LogP contribution is -1.97. The maximum absolute atomic E-state index is 13.8. The number of aldehydes is 1. The summed E-state index contributed by atoms with van der Waals surface area (Å²) in [6.07, 6.45) is 1.17. The van der Waals surface area contributed by atoms with E-state index in [9.17, 15) is 13.6 Å². The minimum atomic E-state index is -0.946. The fourth-order valence-corrected chi connectivity index (χ4v) is 1.87. The summed E-state index contributed by atoms with van der Waals surface area (Å²) in [6.45, 7) is 1.98. The van der Waals surface area contributed by atoms with Crippen molar-refractivity contribution in [3.05, 3.63) is 53.1 Å². The van der Waals surface area contributed by atoms with Crippen LogP contribution in [0.2, 0.25) is 0 Å². The van der Waals surface area contributed by atoms with Crippen LogP contribution in [0.1, 0.15) is 22.8 Å². The molecule has 2 rings (SSSR count). The number of methoxy groups -OCH3 is 1. The molecule has 0 atom stereocenters. The summed E-state index contributed by atoms with van der Waals surface area (Å²) in [7, 11) is 1.45. The van der Waals surface area contributed by atoms with E-state index < -0.39 is 17.4 Å². The Kier molecular flexibility index (Phi) is 4.52. The molecule has 0 aliphatic carbocycles. The van der Waals surface area contributed by atoms with Crippen LogP contribution in [0.15, 0.2) is 30.3 Å². The highest BCUT2D eigenvalue weighted by Crippen LogP contribution is 2.35. The van der Waals surface area contributed by atoms with Gasteiger partial charge in [-0.05, 0) is 36.2 Å². The Bertz CT molecular complexity index is 646. The summed E-state index contributed by atoms with van der Waals surface area (Å²) < 4.78 is 38.0. The molecule has 0 aliphatic heterocycles. The number of hydrogen-bond acceptors (Lipinski definition) is 3. The fraction of sp³-hybridized carbons (Fsp3) is 0.188. The molecule has 0 spiro atoms. The molecule has 2 aromatic carbocycles. The third-order valence-electron chi connectivity index (χ3n) is 3.00. The van der Waals surface area contributed by atoms with Crippen LogP contribution >= 0.6 is 0 Å². The van der Waals surface area contributed by atoms with E-state index in [1.165, 1.54) is 7.11 Å². The first kappa shape index (κ1) is 15.0. The maximum atomic E-state index is 13.8. The SMILES string of the molecule is CCc1ccc(Oc2c(F)cc(C=O)cc2F)c(OC)c1.